The second-order valence-corrected chi connectivity index (χ2v) is 6.93. The first kappa shape index (κ1) is 16.3. The van der Waals surface area contributed by atoms with Crippen molar-refractivity contribution >= 4 is 5.96 Å². The van der Waals surface area contributed by atoms with Gasteiger partial charge in [-0.2, -0.15) is 5.10 Å². The first-order valence-electron chi connectivity index (χ1n) is 8.13. The Hall–Kier alpha value is -2.57. The molecular formula is C17H24N6O. The molecule has 24 heavy (non-hydrogen) atoms. The van der Waals surface area contributed by atoms with Crippen LogP contribution in [0.1, 0.15) is 50.4 Å². The fraction of sp³-hybridized carbons (Fsp3) is 0.471. The number of H-pyrrole nitrogens is 1. The van der Waals surface area contributed by atoms with Crippen LogP contribution in [0.15, 0.2) is 29.3 Å². The van der Waals surface area contributed by atoms with Crippen molar-refractivity contribution in [3.8, 4) is 5.75 Å². The van der Waals surface area contributed by atoms with Crippen LogP contribution >= 0.6 is 0 Å². The third-order valence-electron chi connectivity index (χ3n) is 3.88. The van der Waals surface area contributed by atoms with Crippen LogP contribution in [0, 0.1) is 0 Å². The molecule has 0 bridgehead atoms. The number of aliphatic imine (C=N–C) groups is 1. The summed E-state index contributed by atoms with van der Waals surface area (Å²) in [6.45, 7) is 7.25. The zero-order chi connectivity index (χ0) is 17.2. The van der Waals surface area contributed by atoms with Gasteiger partial charge >= 0.3 is 0 Å². The van der Waals surface area contributed by atoms with Gasteiger partial charge in [0.05, 0.1) is 12.6 Å². The first-order chi connectivity index (χ1) is 11.4. The molecule has 1 aliphatic rings. The van der Waals surface area contributed by atoms with Gasteiger partial charge in [0.2, 0.25) is 0 Å². The average molecular weight is 328 g/mol. The molecule has 0 spiro atoms. The molecule has 1 aromatic heterocycles. The lowest BCUT2D eigenvalue weighted by Gasteiger charge is -2.26. The number of nitrogens with zero attached hydrogens (tertiary/aromatic N) is 3. The van der Waals surface area contributed by atoms with E-state index in [-0.39, 0.29) is 11.5 Å². The zero-order valence-electron chi connectivity index (χ0n) is 14.3. The molecule has 0 saturated heterocycles. The molecule has 7 nitrogen and oxygen atoms in total. The molecule has 0 amide bonds. The number of guanidine groups is 1. The molecular weight excluding hydrogens is 304 g/mol. The van der Waals surface area contributed by atoms with Crippen molar-refractivity contribution in [2.45, 2.75) is 45.2 Å². The molecule has 0 saturated carbocycles. The molecule has 1 unspecified atom stereocenters. The highest BCUT2D eigenvalue weighted by Gasteiger charge is 2.21. The topological polar surface area (TPSA) is 101 Å². The molecule has 4 N–H and O–H groups in total. The summed E-state index contributed by atoms with van der Waals surface area (Å²) in [5.74, 6) is 2.78. The fourth-order valence-corrected chi connectivity index (χ4v) is 2.58. The maximum absolute atomic E-state index is 6.04. The van der Waals surface area contributed by atoms with E-state index in [4.69, 9.17) is 10.5 Å². The molecule has 1 aliphatic heterocycles. The Morgan fingerprint density at radius 2 is 2.21 bits per heavy atom. The van der Waals surface area contributed by atoms with E-state index in [0.717, 1.165) is 23.6 Å². The van der Waals surface area contributed by atoms with Crippen LogP contribution in [0.2, 0.25) is 0 Å². The van der Waals surface area contributed by atoms with Gasteiger partial charge in [-0.05, 0) is 6.07 Å². The van der Waals surface area contributed by atoms with Crippen molar-refractivity contribution in [2.75, 3.05) is 6.61 Å². The maximum Gasteiger partial charge on any atom is 0.189 e. The summed E-state index contributed by atoms with van der Waals surface area (Å²) >= 11 is 0. The number of fused-ring (bicyclic) bond motifs is 1. The van der Waals surface area contributed by atoms with Crippen molar-refractivity contribution in [2.24, 2.45) is 10.7 Å². The Balaban J connectivity index is 1.64. The van der Waals surface area contributed by atoms with E-state index in [1.807, 2.05) is 24.3 Å². The summed E-state index contributed by atoms with van der Waals surface area (Å²) in [6, 6.07) is 8.09. The third kappa shape index (κ3) is 3.67. The minimum Gasteiger partial charge on any atom is -0.493 e. The lowest BCUT2D eigenvalue weighted by Crippen LogP contribution is -2.37. The van der Waals surface area contributed by atoms with Crippen LogP contribution in [0.4, 0.5) is 0 Å². The van der Waals surface area contributed by atoms with E-state index >= 15 is 0 Å². The fourth-order valence-electron chi connectivity index (χ4n) is 2.58. The number of aromatic nitrogens is 3. The number of ether oxygens (including phenoxy) is 1. The lowest BCUT2D eigenvalue weighted by atomic mass is 9.96. The van der Waals surface area contributed by atoms with Gasteiger partial charge in [0.25, 0.3) is 0 Å². The molecule has 0 aliphatic carbocycles. The second-order valence-electron chi connectivity index (χ2n) is 6.93. The molecule has 3 rings (SSSR count). The number of hydrogen-bond donors (Lipinski definition) is 3. The highest BCUT2D eigenvalue weighted by molar-refractivity contribution is 5.78. The molecule has 0 fully saturated rings. The van der Waals surface area contributed by atoms with Gasteiger partial charge in [-0.25, -0.2) is 9.98 Å². The van der Waals surface area contributed by atoms with Gasteiger partial charge in [0.1, 0.15) is 18.1 Å². The number of para-hydroxylation sites is 1. The van der Waals surface area contributed by atoms with Crippen LogP contribution in [-0.2, 0) is 12.0 Å². The summed E-state index contributed by atoms with van der Waals surface area (Å²) in [4.78, 5) is 8.82. The molecule has 1 atom stereocenters. The summed E-state index contributed by atoms with van der Waals surface area (Å²) in [7, 11) is 0. The van der Waals surface area contributed by atoms with E-state index in [1.54, 1.807) is 0 Å². The summed E-state index contributed by atoms with van der Waals surface area (Å²) in [5.41, 5.74) is 7.06. The molecule has 2 heterocycles. The van der Waals surface area contributed by atoms with E-state index in [1.165, 1.54) is 0 Å². The van der Waals surface area contributed by atoms with Crippen LogP contribution in [0.5, 0.6) is 5.75 Å². The Morgan fingerprint density at radius 3 is 2.96 bits per heavy atom. The van der Waals surface area contributed by atoms with Crippen LogP contribution < -0.4 is 15.8 Å². The van der Waals surface area contributed by atoms with Crippen molar-refractivity contribution in [3.05, 3.63) is 41.5 Å². The first-order valence-corrected chi connectivity index (χ1v) is 8.13. The van der Waals surface area contributed by atoms with Crippen LogP contribution in [0.25, 0.3) is 0 Å². The van der Waals surface area contributed by atoms with E-state index < -0.39 is 0 Å². The van der Waals surface area contributed by atoms with Crippen molar-refractivity contribution in [3.63, 3.8) is 0 Å². The largest absolute Gasteiger partial charge is 0.493 e. The molecule has 7 heteroatoms. The van der Waals surface area contributed by atoms with E-state index in [0.29, 0.717) is 24.9 Å². The molecule has 2 aromatic rings. The number of nitrogens with two attached hydrogens (primary N) is 1. The molecule has 128 valence electrons. The van der Waals surface area contributed by atoms with Gasteiger partial charge < -0.3 is 15.8 Å². The Kier molecular flexibility index (Phi) is 4.42. The maximum atomic E-state index is 6.04. The predicted molar refractivity (Wildman–Crippen MR) is 92.8 cm³/mol. The molecule has 1 aromatic carbocycles. The van der Waals surface area contributed by atoms with Crippen molar-refractivity contribution in [1.82, 2.24) is 20.5 Å². The van der Waals surface area contributed by atoms with Gasteiger partial charge in [-0.1, -0.05) is 39.0 Å². The van der Waals surface area contributed by atoms with Gasteiger partial charge in [0.15, 0.2) is 11.8 Å². The van der Waals surface area contributed by atoms with Gasteiger partial charge in [0, 0.05) is 17.4 Å². The lowest BCUT2D eigenvalue weighted by molar-refractivity contribution is 0.262. The van der Waals surface area contributed by atoms with Gasteiger partial charge in [-0.15, -0.1) is 0 Å². The quantitative estimate of drug-likeness (QED) is 0.591. The Morgan fingerprint density at radius 1 is 1.42 bits per heavy atom. The smallest absolute Gasteiger partial charge is 0.189 e. The average Bonchev–Trinajstić information content (AvgIpc) is 3.03. The van der Waals surface area contributed by atoms with Crippen LogP contribution in [-0.4, -0.2) is 27.7 Å². The number of rotatable bonds is 3. The Bertz CT molecular complexity index is 731. The number of nitrogens with one attached hydrogen (secondary N) is 2. The summed E-state index contributed by atoms with van der Waals surface area (Å²) < 4.78 is 5.66. The second kappa shape index (κ2) is 6.51. The zero-order valence-corrected chi connectivity index (χ0v) is 14.3. The third-order valence-corrected chi connectivity index (χ3v) is 3.88. The van der Waals surface area contributed by atoms with Crippen LogP contribution in [0.3, 0.4) is 0 Å². The normalized spacial score (nSPS) is 18.0. The highest BCUT2D eigenvalue weighted by atomic mass is 16.5. The van der Waals surface area contributed by atoms with E-state index in [2.05, 4.69) is 46.3 Å². The highest BCUT2D eigenvalue weighted by Crippen LogP contribution is 2.31. The standard InChI is InChI=1S/C17H24N6O/c1-17(2,3)15-21-14(22-23-15)10-19-16(18)20-12-8-9-24-13-7-5-4-6-11(12)13/h4-7,12H,8-10H2,1-3H3,(H3,18,19,20)(H,21,22,23). The predicted octanol–water partition coefficient (Wildman–Crippen LogP) is 2.03. The van der Waals surface area contributed by atoms with Crippen molar-refractivity contribution in [1.29, 1.82) is 0 Å². The van der Waals surface area contributed by atoms with E-state index in [9.17, 15) is 0 Å². The number of aromatic amines is 1. The number of hydrogen-bond acceptors (Lipinski definition) is 4. The minimum absolute atomic E-state index is 0.0892. The van der Waals surface area contributed by atoms with Gasteiger partial charge in [-0.3, -0.25) is 5.10 Å². The van der Waals surface area contributed by atoms with Crippen molar-refractivity contribution < 1.29 is 4.74 Å². The Labute approximate surface area is 141 Å². The summed E-state index contributed by atoms with van der Waals surface area (Å²) in [5, 5.41) is 10.4. The molecule has 0 radical (unpaired) electrons. The summed E-state index contributed by atoms with van der Waals surface area (Å²) in [6.07, 6.45) is 0.851. The minimum atomic E-state index is -0.0892. The number of benzene rings is 1. The SMILES string of the molecule is CC(C)(C)c1n[nH]c(CN=C(N)NC2CCOc3ccccc32)n1. The monoisotopic (exact) mass is 328 g/mol.